The average Bonchev–Trinajstić information content (AvgIpc) is 2.04. The van der Waals surface area contributed by atoms with E-state index in [-0.39, 0.29) is 0 Å². The largest absolute Gasteiger partial charge is 0.192 e. The second kappa shape index (κ2) is 3.90. The van der Waals surface area contributed by atoms with Crippen molar-refractivity contribution in [3.05, 3.63) is 32.9 Å². The van der Waals surface area contributed by atoms with E-state index in [9.17, 15) is 0 Å². The zero-order valence-electron chi connectivity index (χ0n) is 7.13. The third-order valence-electron chi connectivity index (χ3n) is 1.76. The molecule has 0 bridgehead atoms. The lowest BCUT2D eigenvalue weighted by Crippen LogP contribution is -1.92. The molecule has 0 aromatic heterocycles. The van der Waals surface area contributed by atoms with Crippen molar-refractivity contribution in [2.75, 3.05) is 0 Å². The maximum absolute atomic E-state index is 8.81. The fourth-order valence-electron chi connectivity index (χ4n) is 1.11. The van der Waals surface area contributed by atoms with Crippen LogP contribution in [0.2, 0.25) is 0 Å². The average molecular weight is 271 g/mol. The molecule has 0 saturated heterocycles. The summed E-state index contributed by atoms with van der Waals surface area (Å²) >= 11 is 2.26. The van der Waals surface area contributed by atoms with Crippen LogP contribution in [0.25, 0.3) is 0 Å². The van der Waals surface area contributed by atoms with E-state index in [1.807, 2.05) is 12.1 Å². The van der Waals surface area contributed by atoms with Crippen molar-refractivity contribution in [3.63, 3.8) is 0 Å². The van der Waals surface area contributed by atoms with E-state index in [1.54, 1.807) is 0 Å². The van der Waals surface area contributed by atoms with E-state index in [4.69, 9.17) is 5.26 Å². The molecule has 0 aliphatic heterocycles. The first kappa shape index (κ1) is 9.53. The lowest BCUT2D eigenvalue weighted by Gasteiger charge is -2.07. The highest BCUT2D eigenvalue weighted by Gasteiger charge is 2.05. The van der Waals surface area contributed by atoms with Crippen molar-refractivity contribution in [1.29, 1.82) is 5.26 Å². The topological polar surface area (TPSA) is 23.8 Å². The molecule has 0 fully saturated rings. The Morgan fingerprint density at radius 2 is 2.08 bits per heavy atom. The number of rotatable bonds is 1. The van der Waals surface area contributed by atoms with Gasteiger partial charge in [0, 0.05) is 3.57 Å². The molecule has 0 aliphatic rings. The minimum atomic E-state index is 0.425. The molecule has 0 saturated carbocycles. The molecule has 2 heteroatoms. The molecule has 12 heavy (non-hydrogen) atoms. The number of nitrogens with zero attached hydrogens (tertiary/aromatic N) is 1. The predicted octanol–water partition coefficient (Wildman–Crippen LogP) is 3.29. The smallest absolute Gasteiger partial charge is 0.0994 e. The monoisotopic (exact) mass is 271 g/mol. The molecule has 1 aromatic rings. The summed E-state index contributed by atoms with van der Waals surface area (Å²) < 4.78 is 1.19. The maximum Gasteiger partial charge on any atom is 0.0994 e. The summed E-state index contributed by atoms with van der Waals surface area (Å²) in [4.78, 5) is 0. The predicted molar refractivity (Wildman–Crippen MR) is 58.0 cm³/mol. The minimum Gasteiger partial charge on any atom is -0.192 e. The first-order chi connectivity index (χ1) is 5.65. The van der Waals surface area contributed by atoms with Crippen LogP contribution in [0.1, 0.15) is 30.9 Å². The normalized spacial score (nSPS) is 9.92. The van der Waals surface area contributed by atoms with Gasteiger partial charge in [0.25, 0.3) is 0 Å². The third-order valence-corrected chi connectivity index (χ3v) is 2.43. The standard InChI is InChI=1S/C10H10IN/c1-7(2)10-5-9(11)4-3-8(10)6-12/h3-5,7H,1-2H3. The molecule has 1 aromatic carbocycles. The summed E-state index contributed by atoms with van der Waals surface area (Å²) in [6.45, 7) is 4.21. The van der Waals surface area contributed by atoms with Gasteiger partial charge in [-0.1, -0.05) is 13.8 Å². The van der Waals surface area contributed by atoms with Gasteiger partial charge >= 0.3 is 0 Å². The highest BCUT2D eigenvalue weighted by molar-refractivity contribution is 14.1. The lowest BCUT2D eigenvalue weighted by atomic mass is 9.98. The number of halogens is 1. The zero-order valence-corrected chi connectivity index (χ0v) is 9.29. The summed E-state index contributed by atoms with van der Waals surface area (Å²) in [5.74, 6) is 0.425. The van der Waals surface area contributed by atoms with Crippen LogP contribution in [0.3, 0.4) is 0 Å². The molecule has 1 rings (SSSR count). The van der Waals surface area contributed by atoms with Crippen LogP contribution in [0.4, 0.5) is 0 Å². The van der Waals surface area contributed by atoms with Crippen LogP contribution < -0.4 is 0 Å². The summed E-state index contributed by atoms with van der Waals surface area (Å²) in [7, 11) is 0. The summed E-state index contributed by atoms with van der Waals surface area (Å²) in [6, 6.07) is 8.12. The Morgan fingerprint density at radius 1 is 1.42 bits per heavy atom. The van der Waals surface area contributed by atoms with Crippen LogP contribution in [0, 0.1) is 14.9 Å². The van der Waals surface area contributed by atoms with Gasteiger partial charge < -0.3 is 0 Å². The lowest BCUT2D eigenvalue weighted by molar-refractivity contribution is 0.861. The Bertz CT molecular complexity index is 323. The van der Waals surface area contributed by atoms with E-state index < -0.39 is 0 Å². The molecular formula is C10H10IN. The van der Waals surface area contributed by atoms with Crippen LogP contribution in [-0.2, 0) is 0 Å². The van der Waals surface area contributed by atoms with Crippen LogP contribution in [-0.4, -0.2) is 0 Å². The second-order valence-electron chi connectivity index (χ2n) is 3.00. The molecule has 0 atom stereocenters. The van der Waals surface area contributed by atoms with Gasteiger partial charge in [-0.3, -0.25) is 0 Å². The number of nitriles is 1. The number of hydrogen-bond donors (Lipinski definition) is 0. The van der Waals surface area contributed by atoms with Crippen molar-refractivity contribution in [2.24, 2.45) is 0 Å². The zero-order chi connectivity index (χ0) is 9.14. The van der Waals surface area contributed by atoms with E-state index in [2.05, 4.69) is 48.6 Å². The number of benzene rings is 1. The number of hydrogen-bond acceptors (Lipinski definition) is 1. The van der Waals surface area contributed by atoms with Gasteiger partial charge in [0.15, 0.2) is 0 Å². The van der Waals surface area contributed by atoms with Gasteiger partial charge in [-0.15, -0.1) is 0 Å². The third kappa shape index (κ3) is 1.98. The molecule has 0 unspecified atom stereocenters. The Hall–Kier alpha value is -0.560. The quantitative estimate of drug-likeness (QED) is 0.719. The Labute approximate surface area is 86.5 Å². The molecule has 0 amide bonds. The first-order valence-electron chi connectivity index (χ1n) is 3.84. The fraction of sp³-hybridized carbons (Fsp3) is 0.300. The van der Waals surface area contributed by atoms with Gasteiger partial charge in [0.1, 0.15) is 0 Å². The molecule has 1 nitrogen and oxygen atoms in total. The first-order valence-corrected chi connectivity index (χ1v) is 4.92. The fourth-order valence-corrected chi connectivity index (χ4v) is 1.63. The van der Waals surface area contributed by atoms with Crippen LogP contribution in [0.5, 0.6) is 0 Å². The SMILES string of the molecule is CC(C)c1cc(I)ccc1C#N. The Morgan fingerprint density at radius 3 is 2.58 bits per heavy atom. The van der Waals surface area contributed by atoms with Gasteiger partial charge in [-0.25, -0.2) is 0 Å². The maximum atomic E-state index is 8.81. The van der Waals surface area contributed by atoms with Crippen molar-refractivity contribution >= 4 is 22.6 Å². The van der Waals surface area contributed by atoms with E-state index in [0.717, 1.165) is 11.1 Å². The molecule has 0 heterocycles. The van der Waals surface area contributed by atoms with Gasteiger partial charge in [0.05, 0.1) is 11.6 Å². The van der Waals surface area contributed by atoms with Crippen molar-refractivity contribution in [1.82, 2.24) is 0 Å². The van der Waals surface area contributed by atoms with E-state index in [0.29, 0.717) is 5.92 Å². The van der Waals surface area contributed by atoms with Crippen molar-refractivity contribution in [3.8, 4) is 6.07 Å². The van der Waals surface area contributed by atoms with Crippen molar-refractivity contribution < 1.29 is 0 Å². The second-order valence-corrected chi connectivity index (χ2v) is 4.24. The molecule has 0 spiro atoms. The molecule has 62 valence electrons. The molecule has 0 radical (unpaired) electrons. The Balaban J connectivity index is 3.24. The molecular weight excluding hydrogens is 261 g/mol. The summed E-state index contributed by atoms with van der Waals surface area (Å²) in [6.07, 6.45) is 0. The van der Waals surface area contributed by atoms with Crippen molar-refractivity contribution in [2.45, 2.75) is 19.8 Å². The molecule has 0 N–H and O–H groups in total. The van der Waals surface area contributed by atoms with Crippen LogP contribution >= 0.6 is 22.6 Å². The Kier molecular flexibility index (Phi) is 3.10. The highest BCUT2D eigenvalue weighted by atomic mass is 127. The van der Waals surface area contributed by atoms with E-state index >= 15 is 0 Å². The van der Waals surface area contributed by atoms with E-state index in [1.165, 1.54) is 3.57 Å². The summed E-state index contributed by atoms with van der Waals surface area (Å²) in [5, 5.41) is 8.81. The van der Waals surface area contributed by atoms with Gasteiger partial charge in [-0.2, -0.15) is 5.26 Å². The summed E-state index contributed by atoms with van der Waals surface area (Å²) in [5.41, 5.74) is 1.94. The highest BCUT2D eigenvalue weighted by Crippen LogP contribution is 2.21. The van der Waals surface area contributed by atoms with Gasteiger partial charge in [-0.05, 0) is 52.3 Å². The van der Waals surface area contributed by atoms with Gasteiger partial charge in [0.2, 0.25) is 0 Å². The van der Waals surface area contributed by atoms with Crippen LogP contribution in [0.15, 0.2) is 18.2 Å². The molecule has 0 aliphatic carbocycles. The minimum absolute atomic E-state index is 0.425.